The molecule has 3 rings (SSSR count). The summed E-state index contributed by atoms with van der Waals surface area (Å²) in [5, 5.41) is 3.99. The molecular formula is C16H22N4O4S. The number of aromatic nitrogens is 2. The van der Waals surface area contributed by atoms with Crippen LogP contribution in [0.1, 0.15) is 30.7 Å². The maximum absolute atomic E-state index is 12.4. The first-order valence-electron chi connectivity index (χ1n) is 8.08. The van der Waals surface area contributed by atoms with Crippen LogP contribution in [0.5, 0.6) is 0 Å². The summed E-state index contributed by atoms with van der Waals surface area (Å²) >= 11 is 0. The van der Waals surface area contributed by atoms with Crippen LogP contribution in [0.4, 0.5) is 0 Å². The van der Waals surface area contributed by atoms with Gasteiger partial charge >= 0.3 is 0 Å². The molecule has 1 aliphatic rings. The maximum Gasteiger partial charge on any atom is 0.258 e. The first-order valence-corrected chi connectivity index (χ1v) is 9.57. The second-order valence-electron chi connectivity index (χ2n) is 6.30. The molecule has 1 saturated carbocycles. The highest BCUT2D eigenvalue weighted by Crippen LogP contribution is 2.38. The SMILES string of the molecule is COCCNS(=O)(=O)c1ccc(C)c(-c2nc(C3(N)CCC3)no2)c1. The van der Waals surface area contributed by atoms with Gasteiger partial charge in [-0.2, -0.15) is 4.98 Å². The normalized spacial score (nSPS) is 16.6. The van der Waals surface area contributed by atoms with E-state index >= 15 is 0 Å². The van der Waals surface area contributed by atoms with E-state index in [0.29, 0.717) is 18.0 Å². The molecule has 0 atom stereocenters. The van der Waals surface area contributed by atoms with Crippen molar-refractivity contribution in [3.63, 3.8) is 0 Å². The average molecular weight is 366 g/mol. The van der Waals surface area contributed by atoms with E-state index in [4.69, 9.17) is 15.0 Å². The van der Waals surface area contributed by atoms with E-state index in [0.717, 1.165) is 24.8 Å². The molecule has 1 aliphatic carbocycles. The number of ether oxygens (including phenoxy) is 1. The van der Waals surface area contributed by atoms with Crippen molar-refractivity contribution < 1.29 is 17.7 Å². The summed E-state index contributed by atoms with van der Waals surface area (Å²) in [6.45, 7) is 2.35. The minimum absolute atomic E-state index is 0.134. The van der Waals surface area contributed by atoms with Crippen LogP contribution in [0.15, 0.2) is 27.6 Å². The molecule has 0 aliphatic heterocycles. The number of hydrogen-bond donors (Lipinski definition) is 2. The lowest BCUT2D eigenvalue weighted by atomic mass is 9.77. The molecule has 1 aromatic carbocycles. The van der Waals surface area contributed by atoms with Gasteiger partial charge in [-0.15, -0.1) is 0 Å². The third kappa shape index (κ3) is 3.59. The molecule has 0 bridgehead atoms. The molecule has 1 aromatic heterocycles. The molecule has 0 unspecified atom stereocenters. The Hall–Kier alpha value is -1.81. The van der Waals surface area contributed by atoms with Crippen molar-refractivity contribution in [2.45, 2.75) is 36.6 Å². The molecule has 1 fully saturated rings. The Balaban J connectivity index is 1.90. The summed E-state index contributed by atoms with van der Waals surface area (Å²) in [5.74, 6) is 0.748. The summed E-state index contributed by atoms with van der Waals surface area (Å²) in [4.78, 5) is 4.53. The average Bonchev–Trinajstić information content (AvgIpc) is 3.03. The van der Waals surface area contributed by atoms with Crippen LogP contribution in [-0.2, 0) is 20.3 Å². The molecule has 2 aromatic rings. The van der Waals surface area contributed by atoms with Gasteiger partial charge in [-0.3, -0.25) is 0 Å². The van der Waals surface area contributed by atoms with Crippen molar-refractivity contribution in [3.05, 3.63) is 29.6 Å². The van der Waals surface area contributed by atoms with Crippen LogP contribution >= 0.6 is 0 Å². The summed E-state index contributed by atoms with van der Waals surface area (Å²) in [7, 11) is -2.13. The van der Waals surface area contributed by atoms with Gasteiger partial charge in [0.15, 0.2) is 5.82 Å². The predicted octanol–water partition coefficient (Wildman–Crippen LogP) is 1.31. The first-order chi connectivity index (χ1) is 11.9. The molecule has 136 valence electrons. The second-order valence-corrected chi connectivity index (χ2v) is 8.07. The molecule has 0 saturated heterocycles. The molecule has 25 heavy (non-hydrogen) atoms. The number of aryl methyl sites for hydroxylation is 1. The van der Waals surface area contributed by atoms with Crippen LogP contribution in [-0.4, -0.2) is 38.8 Å². The molecule has 0 radical (unpaired) electrons. The van der Waals surface area contributed by atoms with Crippen LogP contribution in [0.3, 0.4) is 0 Å². The Morgan fingerprint density at radius 1 is 1.40 bits per heavy atom. The van der Waals surface area contributed by atoms with E-state index in [1.807, 2.05) is 6.92 Å². The van der Waals surface area contributed by atoms with Gasteiger partial charge in [0.1, 0.15) is 0 Å². The number of methoxy groups -OCH3 is 1. The lowest BCUT2D eigenvalue weighted by Gasteiger charge is -2.34. The summed E-state index contributed by atoms with van der Waals surface area (Å²) < 4.78 is 37.4. The van der Waals surface area contributed by atoms with Crippen LogP contribution < -0.4 is 10.5 Å². The number of benzene rings is 1. The number of nitrogens with one attached hydrogen (secondary N) is 1. The minimum atomic E-state index is -3.64. The zero-order valence-electron chi connectivity index (χ0n) is 14.3. The Bertz CT molecular complexity index is 859. The van der Waals surface area contributed by atoms with Gasteiger partial charge in [-0.1, -0.05) is 11.2 Å². The number of rotatable bonds is 7. The fourth-order valence-electron chi connectivity index (χ4n) is 2.68. The molecule has 0 spiro atoms. The maximum atomic E-state index is 12.4. The standard InChI is InChI=1S/C16H22N4O4S/c1-11-4-5-12(25(21,22)18-8-9-23-2)10-13(11)14-19-15(20-24-14)16(17)6-3-7-16/h4-5,10,18H,3,6-9,17H2,1-2H3. The molecule has 1 heterocycles. The zero-order valence-corrected chi connectivity index (χ0v) is 15.1. The largest absolute Gasteiger partial charge is 0.383 e. The Labute approximate surface area is 146 Å². The van der Waals surface area contributed by atoms with Gasteiger partial charge < -0.3 is 15.0 Å². The minimum Gasteiger partial charge on any atom is -0.383 e. The van der Waals surface area contributed by atoms with Gasteiger partial charge in [-0.25, -0.2) is 13.1 Å². The van der Waals surface area contributed by atoms with E-state index in [1.165, 1.54) is 13.2 Å². The van der Waals surface area contributed by atoms with E-state index < -0.39 is 15.6 Å². The topological polar surface area (TPSA) is 120 Å². The highest BCUT2D eigenvalue weighted by Gasteiger charge is 2.39. The Kier molecular flexibility index (Phi) is 4.92. The van der Waals surface area contributed by atoms with Gasteiger partial charge in [-0.05, 0) is 43.9 Å². The van der Waals surface area contributed by atoms with Crippen molar-refractivity contribution in [3.8, 4) is 11.5 Å². The molecule has 8 nitrogen and oxygen atoms in total. The second kappa shape index (κ2) is 6.83. The van der Waals surface area contributed by atoms with Crippen molar-refractivity contribution in [1.82, 2.24) is 14.9 Å². The molecule has 3 N–H and O–H groups in total. The molecule has 0 amide bonds. The van der Waals surface area contributed by atoms with Crippen molar-refractivity contribution in [1.29, 1.82) is 0 Å². The Morgan fingerprint density at radius 2 is 2.16 bits per heavy atom. The van der Waals surface area contributed by atoms with Gasteiger partial charge in [0.2, 0.25) is 10.0 Å². The number of nitrogens with zero attached hydrogens (tertiary/aromatic N) is 2. The number of nitrogens with two attached hydrogens (primary N) is 1. The zero-order chi connectivity index (χ0) is 18.1. The van der Waals surface area contributed by atoms with Crippen molar-refractivity contribution in [2.75, 3.05) is 20.3 Å². The predicted molar refractivity (Wildman–Crippen MR) is 91.3 cm³/mol. The highest BCUT2D eigenvalue weighted by molar-refractivity contribution is 7.89. The number of hydrogen-bond acceptors (Lipinski definition) is 7. The van der Waals surface area contributed by atoms with E-state index in [9.17, 15) is 8.42 Å². The van der Waals surface area contributed by atoms with Gasteiger partial charge in [0, 0.05) is 19.2 Å². The summed E-state index contributed by atoms with van der Waals surface area (Å²) in [5.41, 5.74) is 7.11. The first kappa shape index (κ1) is 18.0. The smallest absolute Gasteiger partial charge is 0.258 e. The molecular weight excluding hydrogens is 344 g/mol. The van der Waals surface area contributed by atoms with Gasteiger partial charge in [0.25, 0.3) is 5.89 Å². The quantitative estimate of drug-likeness (QED) is 0.709. The van der Waals surface area contributed by atoms with Crippen LogP contribution in [0.25, 0.3) is 11.5 Å². The third-order valence-corrected chi connectivity index (χ3v) is 5.92. The Morgan fingerprint density at radius 3 is 2.80 bits per heavy atom. The van der Waals surface area contributed by atoms with E-state index in [1.54, 1.807) is 12.1 Å². The lowest BCUT2D eigenvalue weighted by Crippen LogP contribution is -2.44. The fourth-order valence-corrected chi connectivity index (χ4v) is 3.72. The van der Waals surface area contributed by atoms with Crippen molar-refractivity contribution in [2.24, 2.45) is 5.73 Å². The lowest BCUT2D eigenvalue weighted by molar-refractivity contribution is 0.204. The third-order valence-electron chi connectivity index (χ3n) is 4.47. The van der Waals surface area contributed by atoms with E-state index in [2.05, 4.69) is 14.9 Å². The highest BCUT2D eigenvalue weighted by atomic mass is 32.2. The fraction of sp³-hybridized carbons (Fsp3) is 0.500. The monoisotopic (exact) mass is 366 g/mol. The van der Waals surface area contributed by atoms with Crippen LogP contribution in [0, 0.1) is 6.92 Å². The van der Waals surface area contributed by atoms with Crippen molar-refractivity contribution >= 4 is 10.0 Å². The molecule has 9 heteroatoms. The number of sulfonamides is 1. The van der Waals surface area contributed by atoms with E-state index in [-0.39, 0.29) is 17.3 Å². The summed E-state index contributed by atoms with van der Waals surface area (Å²) in [6, 6.07) is 4.79. The summed E-state index contributed by atoms with van der Waals surface area (Å²) in [6.07, 6.45) is 2.69. The van der Waals surface area contributed by atoms with Gasteiger partial charge in [0.05, 0.1) is 17.0 Å². The van der Waals surface area contributed by atoms with Crippen LogP contribution in [0.2, 0.25) is 0 Å².